The Balaban J connectivity index is 0.000000222. The highest BCUT2D eigenvalue weighted by Crippen LogP contribution is 2.30. The van der Waals surface area contributed by atoms with Gasteiger partial charge in [-0.3, -0.25) is 0 Å². The lowest BCUT2D eigenvalue weighted by Crippen LogP contribution is -2.11. The maximum Gasteiger partial charge on any atom is 0.186 e. The molecule has 0 fully saturated rings. The van der Waals surface area contributed by atoms with Crippen LogP contribution in [0.15, 0.2) is 89.8 Å². The SMILES string of the molecule is CNCc1cc(F)ccc1Oc1ccc(OCO)c(C)c1.CSc1ccc(Oc2ccccc2CN(C)C)cc1. The molecule has 4 rings (SSSR count). The summed E-state index contributed by atoms with van der Waals surface area (Å²) in [5.74, 6) is 3.33. The zero-order valence-electron chi connectivity index (χ0n) is 23.6. The number of thioether (sulfide) groups is 1. The topological polar surface area (TPSA) is 63.2 Å². The molecule has 0 saturated carbocycles. The van der Waals surface area contributed by atoms with E-state index in [1.54, 1.807) is 43.1 Å². The first-order valence-corrected chi connectivity index (χ1v) is 14.0. The van der Waals surface area contributed by atoms with Crippen LogP contribution >= 0.6 is 11.8 Å². The summed E-state index contributed by atoms with van der Waals surface area (Å²) >= 11 is 1.73. The molecule has 8 heteroatoms. The molecule has 0 spiro atoms. The molecule has 4 aromatic rings. The van der Waals surface area contributed by atoms with Crippen molar-refractivity contribution in [3.05, 3.63) is 107 Å². The van der Waals surface area contributed by atoms with Crippen LogP contribution in [0.3, 0.4) is 0 Å². The second kappa shape index (κ2) is 15.9. The highest BCUT2D eigenvalue weighted by Gasteiger charge is 2.08. The fourth-order valence-electron chi connectivity index (χ4n) is 3.87. The van der Waals surface area contributed by atoms with Gasteiger partial charge in [0.15, 0.2) is 6.79 Å². The van der Waals surface area contributed by atoms with Crippen LogP contribution in [0.4, 0.5) is 4.39 Å². The zero-order chi connectivity index (χ0) is 28.9. The number of benzene rings is 4. The van der Waals surface area contributed by atoms with Crippen LogP contribution < -0.4 is 19.5 Å². The van der Waals surface area contributed by atoms with Crippen molar-refractivity contribution < 1.29 is 23.7 Å². The highest BCUT2D eigenvalue weighted by atomic mass is 32.2. The van der Waals surface area contributed by atoms with Crippen molar-refractivity contribution in [2.24, 2.45) is 0 Å². The first-order valence-electron chi connectivity index (χ1n) is 12.8. The molecule has 2 N–H and O–H groups in total. The second-order valence-electron chi connectivity index (χ2n) is 9.21. The van der Waals surface area contributed by atoms with Gasteiger partial charge in [-0.15, -0.1) is 11.8 Å². The Morgan fingerprint density at radius 1 is 0.825 bits per heavy atom. The number of halogens is 1. The van der Waals surface area contributed by atoms with Gasteiger partial charge in [0, 0.05) is 29.1 Å². The second-order valence-corrected chi connectivity index (χ2v) is 10.1. The van der Waals surface area contributed by atoms with Crippen LogP contribution in [0.1, 0.15) is 16.7 Å². The fraction of sp³-hybridized carbons (Fsp3) is 0.250. The Hall–Kier alpha value is -3.56. The zero-order valence-corrected chi connectivity index (χ0v) is 24.4. The Kier molecular flexibility index (Phi) is 12.3. The lowest BCUT2D eigenvalue weighted by Gasteiger charge is -2.14. The van der Waals surface area contributed by atoms with Crippen molar-refractivity contribution in [1.29, 1.82) is 0 Å². The van der Waals surface area contributed by atoms with E-state index in [1.165, 1.54) is 22.6 Å². The highest BCUT2D eigenvalue weighted by molar-refractivity contribution is 7.98. The monoisotopic (exact) mass is 564 g/mol. The Bertz CT molecular complexity index is 1350. The van der Waals surface area contributed by atoms with Crippen molar-refractivity contribution >= 4 is 11.8 Å². The van der Waals surface area contributed by atoms with E-state index < -0.39 is 0 Å². The Morgan fingerprint density at radius 3 is 2.12 bits per heavy atom. The van der Waals surface area contributed by atoms with Crippen molar-refractivity contribution in [3.8, 4) is 28.7 Å². The van der Waals surface area contributed by atoms with Gasteiger partial charge in [-0.05, 0) is 107 Å². The molecule has 0 radical (unpaired) electrons. The minimum Gasteiger partial charge on any atom is -0.467 e. The normalized spacial score (nSPS) is 10.6. The van der Waals surface area contributed by atoms with Crippen LogP contribution in [0.5, 0.6) is 28.7 Å². The van der Waals surface area contributed by atoms with Crippen LogP contribution in [0, 0.1) is 12.7 Å². The summed E-state index contributed by atoms with van der Waals surface area (Å²) in [6.07, 6.45) is 2.07. The average Bonchev–Trinajstić information content (AvgIpc) is 2.93. The molecule has 0 saturated heterocycles. The van der Waals surface area contributed by atoms with Crippen LogP contribution in [-0.4, -0.2) is 44.2 Å². The van der Waals surface area contributed by atoms with Gasteiger partial charge >= 0.3 is 0 Å². The molecule has 0 bridgehead atoms. The number of ether oxygens (including phenoxy) is 3. The Labute approximate surface area is 240 Å². The summed E-state index contributed by atoms with van der Waals surface area (Å²) in [5.41, 5.74) is 2.78. The molecule has 212 valence electrons. The predicted molar refractivity (Wildman–Crippen MR) is 160 cm³/mol. The fourth-order valence-corrected chi connectivity index (χ4v) is 4.27. The van der Waals surface area contributed by atoms with Gasteiger partial charge in [-0.2, -0.15) is 0 Å². The van der Waals surface area contributed by atoms with E-state index >= 15 is 0 Å². The predicted octanol–water partition coefficient (Wildman–Crippen LogP) is 7.24. The minimum atomic E-state index is -0.370. The maximum atomic E-state index is 13.3. The number of nitrogens with zero attached hydrogens (tertiary/aromatic N) is 1. The molecule has 0 atom stereocenters. The van der Waals surface area contributed by atoms with Gasteiger partial charge in [-0.1, -0.05) is 18.2 Å². The van der Waals surface area contributed by atoms with Gasteiger partial charge in [0.2, 0.25) is 0 Å². The van der Waals surface area contributed by atoms with Crippen molar-refractivity contribution in [1.82, 2.24) is 10.2 Å². The number of rotatable bonds is 11. The van der Waals surface area contributed by atoms with Gasteiger partial charge < -0.3 is 29.5 Å². The van der Waals surface area contributed by atoms with E-state index in [2.05, 4.69) is 48.8 Å². The molecule has 0 unspecified atom stereocenters. The van der Waals surface area contributed by atoms with Gasteiger partial charge in [0.05, 0.1) is 0 Å². The third-order valence-electron chi connectivity index (χ3n) is 5.73. The average molecular weight is 565 g/mol. The quantitative estimate of drug-likeness (QED) is 0.147. The van der Waals surface area contributed by atoms with Gasteiger partial charge in [-0.25, -0.2) is 4.39 Å². The molecule has 40 heavy (non-hydrogen) atoms. The molecule has 0 heterocycles. The van der Waals surface area contributed by atoms with Crippen molar-refractivity contribution in [2.45, 2.75) is 24.9 Å². The summed E-state index contributed by atoms with van der Waals surface area (Å²) < 4.78 is 30.1. The summed E-state index contributed by atoms with van der Waals surface area (Å²) in [5, 5.41) is 11.8. The molecule has 6 nitrogen and oxygen atoms in total. The number of hydrogen-bond acceptors (Lipinski definition) is 7. The van der Waals surface area contributed by atoms with E-state index in [0.717, 1.165) is 29.2 Å². The number of para-hydroxylation sites is 1. The molecule has 0 aromatic heterocycles. The number of aliphatic hydroxyl groups is 1. The van der Waals surface area contributed by atoms with E-state index in [9.17, 15) is 4.39 Å². The maximum absolute atomic E-state index is 13.3. The number of nitrogens with one attached hydrogen (secondary N) is 1. The summed E-state index contributed by atoms with van der Waals surface area (Å²) in [4.78, 5) is 3.38. The lowest BCUT2D eigenvalue weighted by molar-refractivity contribution is 0.0978. The third-order valence-corrected chi connectivity index (χ3v) is 6.47. The van der Waals surface area contributed by atoms with E-state index in [4.69, 9.17) is 19.3 Å². The van der Waals surface area contributed by atoms with Crippen LogP contribution in [0.25, 0.3) is 0 Å². The number of aryl methyl sites for hydroxylation is 1. The summed E-state index contributed by atoms with van der Waals surface area (Å²) in [7, 11) is 5.91. The van der Waals surface area contributed by atoms with Crippen molar-refractivity contribution in [2.75, 3.05) is 34.2 Å². The summed E-state index contributed by atoms with van der Waals surface area (Å²) in [6.45, 7) is 2.87. The van der Waals surface area contributed by atoms with Crippen LogP contribution in [-0.2, 0) is 13.1 Å². The Morgan fingerprint density at radius 2 is 1.48 bits per heavy atom. The molecular weight excluding hydrogens is 527 g/mol. The number of aliphatic hydroxyl groups excluding tert-OH is 1. The largest absolute Gasteiger partial charge is 0.467 e. The molecule has 0 aliphatic rings. The van der Waals surface area contributed by atoms with Crippen molar-refractivity contribution in [3.63, 3.8) is 0 Å². The van der Waals surface area contributed by atoms with E-state index in [-0.39, 0.29) is 12.6 Å². The number of hydrogen-bond donors (Lipinski definition) is 2. The standard InChI is InChI=1S/C16H18FNO3.C16H19NOS/c1-11-7-14(4-6-15(11)20-10-19)21-16-5-3-13(17)8-12(16)9-18-2;1-17(2)12-13-6-4-5-7-16(13)18-14-8-10-15(19-3)11-9-14/h3-8,18-19H,9-10H2,1-2H3;4-11H,12H2,1-3H3. The minimum absolute atomic E-state index is 0.296. The van der Waals surface area contributed by atoms with E-state index in [1.807, 2.05) is 37.3 Å². The smallest absolute Gasteiger partial charge is 0.186 e. The first-order chi connectivity index (χ1) is 19.3. The first kappa shape index (κ1) is 31.0. The van der Waals surface area contributed by atoms with Gasteiger partial charge in [0.1, 0.15) is 34.6 Å². The molecular formula is C32H37FN2O4S. The lowest BCUT2D eigenvalue weighted by atomic mass is 10.2. The third kappa shape index (κ3) is 9.57. The van der Waals surface area contributed by atoms with Crippen LogP contribution in [0.2, 0.25) is 0 Å². The molecule has 4 aromatic carbocycles. The summed E-state index contributed by atoms with van der Waals surface area (Å²) in [6, 6.07) is 26.0. The molecule has 0 aliphatic carbocycles. The van der Waals surface area contributed by atoms with E-state index in [0.29, 0.717) is 23.8 Å². The van der Waals surface area contributed by atoms with Gasteiger partial charge in [0.25, 0.3) is 0 Å². The molecule has 0 aliphatic heterocycles. The molecule has 0 amide bonds.